The summed E-state index contributed by atoms with van der Waals surface area (Å²) in [6, 6.07) is 0.511. The van der Waals surface area contributed by atoms with E-state index in [0.29, 0.717) is 17.6 Å². The van der Waals surface area contributed by atoms with Crippen molar-refractivity contribution in [3.05, 3.63) is 0 Å². The van der Waals surface area contributed by atoms with E-state index in [1.807, 2.05) is 0 Å². The Labute approximate surface area is 102 Å². The van der Waals surface area contributed by atoms with E-state index < -0.39 is 0 Å². The van der Waals surface area contributed by atoms with Crippen molar-refractivity contribution < 1.29 is 9.47 Å². The number of thiocarbonyl (C=S) groups is 1. The minimum Gasteiger partial charge on any atom is -0.392 e. The van der Waals surface area contributed by atoms with E-state index in [0.717, 1.165) is 39.1 Å². The molecule has 0 aromatic rings. The molecule has 0 saturated carbocycles. The number of nitrogens with two attached hydrogens (primary N) is 1. The lowest BCUT2D eigenvalue weighted by atomic mass is 9.89. The molecule has 0 aromatic carbocycles. The summed E-state index contributed by atoms with van der Waals surface area (Å²) < 4.78 is 11.3. The summed E-state index contributed by atoms with van der Waals surface area (Å²) in [6.07, 6.45) is 3.11. The van der Waals surface area contributed by atoms with Crippen LogP contribution in [0.4, 0.5) is 0 Å². The van der Waals surface area contributed by atoms with Crippen molar-refractivity contribution >= 4 is 17.2 Å². The van der Waals surface area contributed by atoms with Crippen LogP contribution in [0.1, 0.15) is 19.3 Å². The first-order valence-corrected chi connectivity index (χ1v) is 6.22. The molecule has 0 amide bonds. The molecule has 0 aromatic heterocycles. The van der Waals surface area contributed by atoms with Gasteiger partial charge >= 0.3 is 0 Å². The summed E-state index contributed by atoms with van der Waals surface area (Å²) in [4.78, 5) is 2.80. The van der Waals surface area contributed by atoms with Crippen LogP contribution in [0.3, 0.4) is 0 Å². The predicted molar refractivity (Wildman–Crippen MR) is 66.6 cm³/mol. The second kappa shape index (κ2) is 4.96. The van der Waals surface area contributed by atoms with Gasteiger partial charge in [-0.1, -0.05) is 12.2 Å². The summed E-state index contributed by atoms with van der Waals surface area (Å²) in [5.41, 5.74) is 5.54. The largest absolute Gasteiger partial charge is 0.392 e. The number of hydrogen-bond donors (Lipinski definition) is 1. The lowest BCUT2D eigenvalue weighted by Gasteiger charge is -2.40. The van der Waals surface area contributed by atoms with E-state index in [4.69, 9.17) is 27.4 Å². The van der Waals surface area contributed by atoms with Gasteiger partial charge in [0.25, 0.3) is 0 Å². The molecule has 0 bridgehead atoms. The highest BCUT2D eigenvalue weighted by Crippen LogP contribution is 2.34. The maximum Gasteiger partial charge on any atom is 0.0951 e. The third-order valence-corrected chi connectivity index (χ3v) is 3.69. The zero-order valence-corrected chi connectivity index (χ0v) is 10.6. The number of hydrogen-bond acceptors (Lipinski definition) is 4. The van der Waals surface area contributed by atoms with Crippen LogP contribution in [0.5, 0.6) is 0 Å². The Morgan fingerprint density at radius 2 is 2.38 bits per heavy atom. The summed E-state index contributed by atoms with van der Waals surface area (Å²) in [6.45, 7) is 3.07. The summed E-state index contributed by atoms with van der Waals surface area (Å²) in [5, 5.41) is 0. The maximum absolute atomic E-state index is 5.90. The highest BCUT2D eigenvalue weighted by atomic mass is 32.1. The lowest BCUT2D eigenvalue weighted by molar-refractivity contribution is -0.102. The van der Waals surface area contributed by atoms with Gasteiger partial charge in [0.05, 0.1) is 17.2 Å². The van der Waals surface area contributed by atoms with E-state index in [1.165, 1.54) is 0 Å². The van der Waals surface area contributed by atoms with E-state index >= 15 is 0 Å². The molecule has 4 nitrogen and oxygen atoms in total. The Morgan fingerprint density at radius 3 is 3.00 bits per heavy atom. The number of rotatable bonds is 3. The predicted octanol–water partition coefficient (Wildman–Crippen LogP) is 0.542. The highest BCUT2D eigenvalue weighted by Gasteiger charge is 2.41. The van der Waals surface area contributed by atoms with E-state index in [1.54, 1.807) is 0 Å². The molecule has 2 heterocycles. The molecule has 1 spiro atoms. The van der Waals surface area contributed by atoms with E-state index in [9.17, 15) is 0 Å². The Balaban J connectivity index is 1.93. The minimum atomic E-state index is -0.0343. The maximum atomic E-state index is 5.90. The molecule has 2 unspecified atom stereocenters. The van der Waals surface area contributed by atoms with Crippen molar-refractivity contribution in [2.24, 2.45) is 5.73 Å². The van der Waals surface area contributed by atoms with Crippen LogP contribution in [0.15, 0.2) is 0 Å². The molecule has 2 fully saturated rings. The smallest absolute Gasteiger partial charge is 0.0951 e. The second-order valence-electron chi connectivity index (χ2n) is 4.86. The molecule has 16 heavy (non-hydrogen) atoms. The van der Waals surface area contributed by atoms with Crippen molar-refractivity contribution in [2.75, 3.05) is 33.4 Å². The van der Waals surface area contributed by atoms with Crippen molar-refractivity contribution in [3.8, 4) is 0 Å². The molecule has 0 radical (unpaired) electrons. The van der Waals surface area contributed by atoms with Gasteiger partial charge in [-0.15, -0.1) is 0 Å². The third-order valence-electron chi connectivity index (χ3n) is 3.56. The monoisotopic (exact) mass is 244 g/mol. The van der Waals surface area contributed by atoms with E-state index in [-0.39, 0.29) is 5.60 Å². The van der Waals surface area contributed by atoms with Gasteiger partial charge in [-0.3, -0.25) is 4.90 Å². The molecular weight excluding hydrogens is 224 g/mol. The Kier molecular flexibility index (Phi) is 3.79. The average molecular weight is 244 g/mol. The van der Waals surface area contributed by atoms with Crippen LogP contribution in [-0.2, 0) is 9.47 Å². The van der Waals surface area contributed by atoms with E-state index in [2.05, 4.69) is 11.9 Å². The molecule has 2 aliphatic rings. The first-order valence-electron chi connectivity index (χ1n) is 5.82. The van der Waals surface area contributed by atoms with Gasteiger partial charge in [-0.05, 0) is 19.9 Å². The lowest BCUT2D eigenvalue weighted by Crippen LogP contribution is -2.49. The first-order chi connectivity index (χ1) is 7.61. The molecule has 2 aliphatic heterocycles. The van der Waals surface area contributed by atoms with Gasteiger partial charge in [0.1, 0.15) is 0 Å². The zero-order valence-electron chi connectivity index (χ0n) is 9.78. The normalized spacial score (nSPS) is 34.8. The van der Waals surface area contributed by atoms with Crippen LogP contribution in [0.2, 0.25) is 0 Å². The SMILES string of the molecule is CN(CC(N)=S)C1CCOC2(CCOC2)C1. The van der Waals surface area contributed by atoms with Crippen LogP contribution in [-0.4, -0.2) is 54.9 Å². The topological polar surface area (TPSA) is 47.7 Å². The summed E-state index contributed by atoms with van der Waals surface area (Å²) in [5.74, 6) is 0. The number of ether oxygens (including phenoxy) is 2. The fourth-order valence-electron chi connectivity index (χ4n) is 2.62. The quantitative estimate of drug-likeness (QED) is 0.734. The van der Waals surface area contributed by atoms with Crippen LogP contribution in [0.25, 0.3) is 0 Å². The van der Waals surface area contributed by atoms with Gasteiger partial charge in [-0.25, -0.2) is 0 Å². The van der Waals surface area contributed by atoms with Crippen molar-refractivity contribution in [1.29, 1.82) is 0 Å². The molecule has 5 heteroatoms. The van der Waals surface area contributed by atoms with Crippen LogP contribution < -0.4 is 5.73 Å². The summed E-state index contributed by atoms with van der Waals surface area (Å²) >= 11 is 4.95. The standard InChI is InChI=1S/C11H20N2O2S/c1-13(7-10(12)16)9-2-4-15-11(6-9)3-5-14-8-11/h9H,2-8H2,1H3,(H2,12,16). The molecule has 2 N–H and O–H groups in total. The summed E-state index contributed by atoms with van der Waals surface area (Å²) in [7, 11) is 2.08. The van der Waals surface area contributed by atoms with Gasteiger partial charge in [0.15, 0.2) is 0 Å². The van der Waals surface area contributed by atoms with Crippen molar-refractivity contribution in [2.45, 2.75) is 30.9 Å². The first kappa shape index (κ1) is 12.2. The zero-order chi connectivity index (χ0) is 11.6. The molecule has 92 valence electrons. The van der Waals surface area contributed by atoms with Crippen LogP contribution in [0, 0.1) is 0 Å². The Hall–Kier alpha value is -0.230. The third kappa shape index (κ3) is 2.71. The molecule has 2 saturated heterocycles. The van der Waals surface area contributed by atoms with Crippen LogP contribution >= 0.6 is 12.2 Å². The second-order valence-corrected chi connectivity index (χ2v) is 5.39. The van der Waals surface area contributed by atoms with Gasteiger partial charge in [0, 0.05) is 32.2 Å². The van der Waals surface area contributed by atoms with Crippen molar-refractivity contribution in [3.63, 3.8) is 0 Å². The molecule has 2 atom stereocenters. The Morgan fingerprint density at radius 1 is 1.56 bits per heavy atom. The Bertz CT molecular complexity index is 267. The molecule has 0 aliphatic carbocycles. The average Bonchev–Trinajstić information content (AvgIpc) is 2.65. The molecule has 2 rings (SSSR count). The fraction of sp³-hybridized carbons (Fsp3) is 0.909. The van der Waals surface area contributed by atoms with Crippen molar-refractivity contribution in [1.82, 2.24) is 4.90 Å². The fourth-order valence-corrected chi connectivity index (χ4v) is 2.82. The number of nitrogens with zero attached hydrogens (tertiary/aromatic N) is 1. The van der Waals surface area contributed by atoms with Gasteiger partial charge in [0.2, 0.25) is 0 Å². The van der Waals surface area contributed by atoms with Gasteiger partial charge < -0.3 is 15.2 Å². The molecular formula is C11H20N2O2S. The highest BCUT2D eigenvalue weighted by molar-refractivity contribution is 7.80. The minimum absolute atomic E-state index is 0.0343. The number of likely N-dealkylation sites (N-methyl/N-ethyl adjacent to an activating group) is 1. The van der Waals surface area contributed by atoms with Gasteiger partial charge in [-0.2, -0.15) is 0 Å².